The Morgan fingerprint density at radius 1 is 1.50 bits per heavy atom. The predicted molar refractivity (Wildman–Crippen MR) is 35.5 cm³/mol. The standard InChI is InChI=1S/C6H6N4/c1-5-3-2-4-10-6(5)7-8-9-10/h2-4H,1H3. The highest BCUT2D eigenvalue weighted by atomic mass is 15.5. The van der Waals surface area contributed by atoms with Crippen molar-refractivity contribution in [3.05, 3.63) is 23.9 Å². The lowest BCUT2D eigenvalue weighted by Crippen LogP contribution is -1.87. The molecule has 4 nitrogen and oxygen atoms in total. The van der Waals surface area contributed by atoms with Gasteiger partial charge in [0.15, 0.2) is 5.65 Å². The maximum Gasteiger partial charge on any atom is 0.182 e. The molecule has 0 radical (unpaired) electrons. The molecule has 0 aromatic carbocycles. The van der Waals surface area contributed by atoms with E-state index >= 15 is 0 Å². The zero-order valence-corrected chi connectivity index (χ0v) is 5.52. The molecule has 0 aliphatic carbocycles. The summed E-state index contributed by atoms with van der Waals surface area (Å²) in [6, 6.07) is 3.89. The van der Waals surface area contributed by atoms with Gasteiger partial charge in [-0.1, -0.05) is 6.07 Å². The molecule has 0 bridgehead atoms. The van der Waals surface area contributed by atoms with E-state index in [2.05, 4.69) is 15.5 Å². The van der Waals surface area contributed by atoms with Gasteiger partial charge >= 0.3 is 0 Å². The largest absolute Gasteiger partial charge is 0.200 e. The van der Waals surface area contributed by atoms with Gasteiger partial charge in [-0.2, -0.15) is 0 Å². The average molecular weight is 134 g/mol. The first-order chi connectivity index (χ1) is 4.88. The van der Waals surface area contributed by atoms with Crippen LogP contribution < -0.4 is 0 Å². The first-order valence-electron chi connectivity index (χ1n) is 3.01. The topological polar surface area (TPSA) is 43.1 Å². The number of fused-ring (bicyclic) bond motifs is 1. The van der Waals surface area contributed by atoms with Crippen molar-refractivity contribution in [3.63, 3.8) is 0 Å². The van der Waals surface area contributed by atoms with Crippen LogP contribution in [0.1, 0.15) is 5.56 Å². The smallest absolute Gasteiger partial charge is 0.182 e. The van der Waals surface area contributed by atoms with Gasteiger partial charge in [0.1, 0.15) is 0 Å². The van der Waals surface area contributed by atoms with Gasteiger partial charge in [-0.15, -0.1) is 5.10 Å². The van der Waals surface area contributed by atoms with Crippen molar-refractivity contribution in [2.45, 2.75) is 6.92 Å². The van der Waals surface area contributed by atoms with E-state index in [0.717, 1.165) is 11.2 Å². The fourth-order valence-corrected chi connectivity index (χ4v) is 0.897. The maximum atomic E-state index is 3.82. The Morgan fingerprint density at radius 3 is 3.20 bits per heavy atom. The Balaban J connectivity index is 2.95. The summed E-state index contributed by atoms with van der Waals surface area (Å²) in [5.41, 5.74) is 1.91. The zero-order chi connectivity index (χ0) is 6.97. The minimum atomic E-state index is 0.822. The first-order valence-corrected chi connectivity index (χ1v) is 3.01. The number of nitrogens with zero attached hydrogens (tertiary/aromatic N) is 4. The molecule has 0 fully saturated rings. The highest BCUT2D eigenvalue weighted by Gasteiger charge is 1.96. The number of hydrogen-bond acceptors (Lipinski definition) is 3. The lowest BCUT2D eigenvalue weighted by molar-refractivity contribution is 0.823. The van der Waals surface area contributed by atoms with Crippen LogP contribution in [0, 0.1) is 6.92 Å². The number of aryl methyl sites for hydroxylation is 1. The average Bonchev–Trinajstić information content (AvgIpc) is 2.36. The molecule has 0 saturated carbocycles. The number of hydrogen-bond donors (Lipinski definition) is 0. The van der Waals surface area contributed by atoms with Crippen LogP contribution in [0.15, 0.2) is 18.3 Å². The van der Waals surface area contributed by atoms with E-state index in [9.17, 15) is 0 Å². The summed E-state index contributed by atoms with van der Waals surface area (Å²) in [5, 5.41) is 11.1. The minimum Gasteiger partial charge on any atom is -0.200 e. The van der Waals surface area contributed by atoms with E-state index in [4.69, 9.17) is 0 Å². The summed E-state index contributed by atoms with van der Waals surface area (Å²) in [5.74, 6) is 0. The molecule has 0 N–H and O–H groups in total. The molecule has 2 heterocycles. The summed E-state index contributed by atoms with van der Waals surface area (Å²) in [6.45, 7) is 1.98. The van der Waals surface area contributed by atoms with Gasteiger partial charge in [-0.25, -0.2) is 4.52 Å². The maximum absolute atomic E-state index is 3.82. The van der Waals surface area contributed by atoms with Gasteiger partial charge in [-0.05, 0) is 29.0 Å². The summed E-state index contributed by atoms with van der Waals surface area (Å²) in [7, 11) is 0. The second-order valence-corrected chi connectivity index (χ2v) is 2.14. The molecule has 2 aromatic rings. The zero-order valence-electron chi connectivity index (χ0n) is 5.52. The molecule has 0 amide bonds. The third-order valence-corrected chi connectivity index (χ3v) is 1.42. The molecule has 4 heteroatoms. The third-order valence-electron chi connectivity index (χ3n) is 1.42. The molecule has 2 aromatic heterocycles. The van der Waals surface area contributed by atoms with Crippen molar-refractivity contribution in [1.82, 2.24) is 20.0 Å². The van der Waals surface area contributed by atoms with Gasteiger partial charge in [0, 0.05) is 6.20 Å². The molecule has 0 atom stereocenters. The van der Waals surface area contributed by atoms with E-state index in [-0.39, 0.29) is 0 Å². The fourth-order valence-electron chi connectivity index (χ4n) is 0.897. The number of pyridine rings is 1. The number of aromatic nitrogens is 4. The molecule has 10 heavy (non-hydrogen) atoms. The molecule has 0 spiro atoms. The van der Waals surface area contributed by atoms with Gasteiger partial charge in [-0.3, -0.25) is 0 Å². The summed E-state index contributed by atoms with van der Waals surface area (Å²) in [4.78, 5) is 0. The van der Waals surface area contributed by atoms with Crippen molar-refractivity contribution < 1.29 is 0 Å². The van der Waals surface area contributed by atoms with E-state index in [1.807, 2.05) is 25.3 Å². The number of rotatable bonds is 0. The Hall–Kier alpha value is -1.45. The van der Waals surface area contributed by atoms with Crippen molar-refractivity contribution in [2.24, 2.45) is 0 Å². The number of tetrazole rings is 1. The van der Waals surface area contributed by atoms with Gasteiger partial charge in [0.25, 0.3) is 0 Å². The Morgan fingerprint density at radius 2 is 2.40 bits per heavy atom. The molecule has 0 saturated heterocycles. The second-order valence-electron chi connectivity index (χ2n) is 2.14. The molecular weight excluding hydrogens is 128 g/mol. The monoisotopic (exact) mass is 134 g/mol. The van der Waals surface area contributed by atoms with Crippen LogP contribution in [0.25, 0.3) is 5.65 Å². The minimum absolute atomic E-state index is 0.822. The van der Waals surface area contributed by atoms with Crippen LogP contribution in [-0.4, -0.2) is 20.0 Å². The lowest BCUT2D eigenvalue weighted by atomic mass is 10.3. The molecule has 0 aliphatic heterocycles. The Bertz CT molecular complexity index is 351. The van der Waals surface area contributed by atoms with Crippen LogP contribution in [0.5, 0.6) is 0 Å². The highest BCUT2D eigenvalue weighted by Crippen LogP contribution is 2.01. The molecular formula is C6H6N4. The van der Waals surface area contributed by atoms with Crippen LogP contribution in [0.3, 0.4) is 0 Å². The van der Waals surface area contributed by atoms with Crippen LogP contribution >= 0.6 is 0 Å². The van der Waals surface area contributed by atoms with Crippen molar-refractivity contribution in [2.75, 3.05) is 0 Å². The second kappa shape index (κ2) is 1.76. The molecule has 0 aliphatic rings. The van der Waals surface area contributed by atoms with Crippen molar-refractivity contribution >= 4 is 5.65 Å². The van der Waals surface area contributed by atoms with Crippen LogP contribution in [0.4, 0.5) is 0 Å². The van der Waals surface area contributed by atoms with Gasteiger partial charge in [0.2, 0.25) is 0 Å². The lowest BCUT2D eigenvalue weighted by Gasteiger charge is -1.90. The van der Waals surface area contributed by atoms with Gasteiger partial charge < -0.3 is 0 Å². The predicted octanol–water partition coefficient (Wildman–Crippen LogP) is 0.433. The molecule has 0 unspecified atom stereocenters. The first kappa shape index (κ1) is 5.34. The SMILES string of the molecule is Cc1cccn2nnnc12. The molecule has 2 rings (SSSR count). The molecule has 50 valence electrons. The highest BCUT2D eigenvalue weighted by molar-refractivity contribution is 5.43. The Kier molecular flexibility index (Phi) is 0.943. The summed E-state index contributed by atoms with van der Waals surface area (Å²) in [6.07, 6.45) is 1.82. The van der Waals surface area contributed by atoms with Crippen LogP contribution in [0.2, 0.25) is 0 Å². The van der Waals surface area contributed by atoms with Crippen molar-refractivity contribution in [3.8, 4) is 0 Å². The van der Waals surface area contributed by atoms with Gasteiger partial charge in [0.05, 0.1) is 0 Å². The quantitative estimate of drug-likeness (QED) is 0.524. The van der Waals surface area contributed by atoms with E-state index in [0.29, 0.717) is 0 Å². The van der Waals surface area contributed by atoms with Crippen molar-refractivity contribution in [1.29, 1.82) is 0 Å². The third kappa shape index (κ3) is 0.586. The normalized spacial score (nSPS) is 10.5. The fraction of sp³-hybridized carbons (Fsp3) is 0.167. The van der Waals surface area contributed by atoms with E-state index in [1.54, 1.807) is 4.52 Å². The Labute approximate surface area is 57.5 Å². The van der Waals surface area contributed by atoms with Crippen LogP contribution in [-0.2, 0) is 0 Å². The van der Waals surface area contributed by atoms with E-state index < -0.39 is 0 Å². The summed E-state index contributed by atoms with van der Waals surface area (Å²) < 4.78 is 1.65. The summed E-state index contributed by atoms with van der Waals surface area (Å²) >= 11 is 0. The van der Waals surface area contributed by atoms with E-state index in [1.165, 1.54) is 0 Å².